The van der Waals surface area contributed by atoms with Crippen LogP contribution in [0.2, 0.25) is 5.02 Å². The average molecular weight is 391 g/mol. The number of phenols is 1. The van der Waals surface area contributed by atoms with Gasteiger partial charge in [0.2, 0.25) is 5.91 Å². The van der Waals surface area contributed by atoms with E-state index >= 15 is 0 Å². The Bertz CT molecular complexity index is 924. The zero-order valence-corrected chi connectivity index (χ0v) is 15.2. The molecule has 2 atom stereocenters. The summed E-state index contributed by atoms with van der Waals surface area (Å²) in [5.74, 6) is -0.708. The molecule has 6 N–H and O–H groups in total. The minimum Gasteiger partial charge on any atom is -0.507 e. The molecule has 3 rings (SSSR count). The maximum absolute atomic E-state index is 14.5. The number of benzene rings is 1. The molecule has 6 nitrogen and oxygen atoms in total. The molecule has 0 radical (unpaired) electrons. The Balaban J connectivity index is 1.94. The Morgan fingerprint density at radius 3 is 2.78 bits per heavy atom. The smallest absolute Gasteiger partial charge is 0.246 e. The fourth-order valence-electron chi connectivity index (χ4n) is 3.22. The molecule has 0 bridgehead atoms. The molecule has 1 aromatic carbocycles. The number of aromatic amines is 1. The largest absolute Gasteiger partial charge is 0.507 e. The van der Waals surface area contributed by atoms with Gasteiger partial charge in [-0.1, -0.05) is 30.3 Å². The Hall–Kier alpha value is -2.93. The number of phenolic OH excluding ortho intramolecular Hbond substituents is 1. The van der Waals surface area contributed by atoms with Crippen molar-refractivity contribution in [2.24, 2.45) is 5.73 Å². The molecule has 142 valence electrons. The normalized spacial score (nSPS) is 20.1. The fourth-order valence-corrected chi connectivity index (χ4v) is 3.57. The molecule has 2 unspecified atom stereocenters. The minimum absolute atomic E-state index is 0.0231. The molecule has 1 aromatic heterocycles. The van der Waals surface area contributed by atoms with E-state index in [2.05, 4.69) is 11.6 Å². The van der Waals surface area contributed by atoms with Gasteiger partial charge in [0.25, 0.3) is 0 Å². The van der Waals surface area contributed by atoms with Crippen LogP contribution in [0.15, 0.2) is 36.9 Å². The second kappa shape index (κ2) is 7.36. The van der Waals surface area contributed by atoms with Gasteiger partial charge in [-0.15, -0.1) is 0 Å². The molecule has 0 aliphatic carbocycles. The molecule has 2 aromatic rings. The first kappa shape index (κ1) is 18.8. The summed E-state index contributed by atoms with van der Waals surface area (Å²) < 4.78 is 14.5. The van der Waals surface area contributed by atoms with Crippen LogP contribution in [0.1, 0.15) is 22.7 Å². The first-order valence-electron chi connectivity index (χ1n) is 8.31. The van der Waals surface area contributed by atoms with E-state index in [0.29, 0.717) is 16.8 Å². The van der Waals surface area contributed by atoms with Crippen LogP contribution in [-0.2, 0) is 4.79 Å². The van der Waals surface area contributed by atoms with Gasteiger partial charge in [0.1, 0.15) is 17.7 Å². The molecule has 1 aliphatic heterocycles. The SMILES string of the molecule is C=CC(=O)N1CC(F)C(c2[nH]c(N)c(/C=C(\N)c3ccccc3O)c2Cl)C1. The maximum atomic E-state index is 14.5. The summed E-state index contributed by atoms with van der Waals surface area (Å²) >= 11 is 6.44. The Kier molecular flexibility index (Phi) is 5.14. The number of para-hydroxylation sites is 1. The van der Waals surface area contributed by atoms with E-state index in [9.17, 15) is 14.3 Å². The van der Waals surface area contributed by atoms with Crippen molar-refractivity contribution in [1.82, 2.24) is 9.88 Å². The number of nitrogens with two attached hydrogens (primary N) is 2. The van der Waals surface area contributed by atoms with E-state index in [1.807, 2.05) is 0 Å². The van der Waals surface area contributed by atoms with Crippen LogP contribution in [0.25, 0.3) is 11.8 Å². The molecule has 2 heterocycles. The third-order valence-electron chi connectivity index (χ3n) is 4.65. The highest BCUT2D eigenvalue weighted by Crippen LogP contribution is 2.39. The van der Waals surface area contributed by atoms with Gasteiger partial charge in [0.15, 0.2) is 0 Å². The number of H-pyrrole nitrogens is 1. The number of hydrogen-bond donors (Lipinski definition) is 4. The van der Waals surface area contributed by atoms with Gasteiger partial charge in [0.05, 0.1) is 17.5 Å². The predicted octanol–water partition coefficient (Wildman–Crippen LogP) is 2.86. The van der Waals surface area contributed by atoms with E-state index in [1.54, 1.807) is 18.2 Å². The number of carbonyl (C=O) groups is 1. The molecule has 0 spiro atoms. The second-order valence-corrected chi connectivity index (χ2v) is 6.74. The molecule has 1 fully saturated rings. The lowest BCUT2D eigenvalue weighted by molar-refractivity contribution is -0.125. The van der Waals surface area contributed by atoms with Crippen molar-refractivity contribution in [3.8, 4) is 5.75 Å². The van der Waals surface area contributed by atoms with Crippen LogP contribution in [0.5, 0.6) is 5.75 Å². The van der Waals surface area contributed by atoms with Crippen LogP contribution in [-0.4, -0.2) is 40.2 Å². The highest BCUT2D eigenvalue weighted by molar-refractivity contribution is 6.33. The molecule has 1 aliphatic rings. The number of aromatic nitrogens is 1. The summed E-state index contributed by atoms with van der Waals surface area (Å²) in [5, 5.41) is 10.2. The number of likely N-dealkylation sites (tertiary alicyclic amines) is 1. The Morgan fingerprint density at radius 2 is 2.11 bits per heavy atom. The van der Waals surface area contributed by atoms with E-state index in [0.717, 1.165) is 6.08 Å². The number of carbonyl (C=O) groups excluding carboxylic acids is 1. The van der Waals surface area contributed by atoms with Crippen LogP contribution >= 0.6 is 11.6 Å². The van der Waals surface area contributed by atoms with Crippen molar-refractivity contribution >= 4 is 35.1 Å². The van der Waals surface area contributed by atoms with Gasteiger partial charge in [0, 0.05) is 29.1 Å². The van der Waals surface area contributed by atoms with Crippen LogP contribution < -0.4 is 11.5 Å². The van der Waals surface area contributed by atoms with Crippen LogP contribution in [0.4, 0.5) is 10.2 Å². The summed E-state index contributed by atoms with van der Waals surface area (Å²) in [6, 6.07) is 6.59. The number of halogens is 2. The summed E-state index contributed by atoms with van der Waals surface area (Å²) in [4.78, 5) is 16.0. The third kappa shape index (κ3) is 3.50. The highest BCUT2D eigenvalue weighted by Gasteiger charge is 2.38. The molecule has 1 saturated heterocycles. The van der Waals surface area contributed by atoms with E-state index in [1.165, 1.54) is 17.0 Å². The lowest BCUT2D eigenvalue weighted by Gasteiger charge is -2.13. The maximum Gasteiger partial charge on any atom is 0.246 e. The van der Waals surface area contributed by atoms with Crippen molar-refractivity contribution in [3.63, 3.8) is 0 Å². The average Bonchev–Trinajstić information content (AvgIpc) is 3.16. The van der Waals surface area contributed by atoms with Crippen molar-refractivity contribution in [3.05, 3.63) is 58.8 Å². The second-order valence-electron chi connectivity index (χ2n) is 6.37. The lowest BCUT2D eigenvalue weighted by atomic mass is 10.0. The monoisotopic (exact) mass is 390 g/mol. The van der Waals surface area contributed by atoms with Crippen LogP contribution in [0.3, 0.4) is 0 Å². The third-order valence-corrected chi connectivity index (χ3v) is 5.06. The van der Waals surface area contributed by atoms with Crippen LogP contribution in [0, 0.1) is 0 Å². The Morgan fingerprint density at radius 1 is 1.41 bits per heavy atom. The zero-order chi connectivity index (χ0) is 19.7. The number of rotatable bonds is 4. The van der Waals surface area contributed by atoms with Crippen molar-refractivity contribution in [2.45, 2.75) is 12.1 Å². The number of alkyl halides is 1. The number of anilines is 1. The minimum atomic E-state index is -1.28. The molecular formula is C19H20ClFN4O2. The summed E-state index contributed by atoms with van der Waals surface area (Å²) in [6.07, 6.45) is 1.40. The molecule has 27 heavy (non-hydrogen) atoms. The van der Waals surface area contributed by atoms with Gasteiger partial charge in [-0.3, -0.25) is 4.79 Å². The van der Waals surface area contributed by atoms with Crippen molar-refractivity contribution < 1.29 is 14.3 Å². The number of amides is 1. The molecular weight excluding hydrogens is 371 g/mol. The molecule has 1 amide bonds. The summed E-state index contributed by atoms with van der Waals surface area (Å²) in [5.41, 5.74) is 13.6. The molecule has 0 saturated carbocycles. The summed E-state index contributed by atoms with van der Waals surface area (Å²) in [7, 11) is 0. The zero-order valence-electron chi connectivity index (χ0n) is 14.5. The first-order chi connectivity index (χ1) is 12.8. The topological polar surface area (TPSA) is 108 Å². The van der Waals surface area contributed by atoms with E-state index in [4.69, 9.17) is 23.1 Å². The molecule has 8 heteroatoms. The van der Waals surface area contributed by atoms with E-state index in [-0.39, 0.29) is 41.3 Å². The van der Waals surface area contributed by atoms with Crippen molar-refractivity contribution in [2.75, 3.05) is 18.8 Å². The number of nitrogens with one attached hydrogen (secondary N) is 1. The quantitative estimate of drug-likeness (QED) is 0.602. The fraction of sp³-hybridized carbons (Fsp3) is 0.211. The number of nitrogen functional groups attached to an aromatic ring is 1. The van der Waals surface area contributed by atoms with Crippen molar-refractivity contribution in [1.29, 1.82) is 0 Å². The van der Waals surface area contributed by atoms with Gasteiger partial charge >= 0.3 is 0 Å². The van der Waals surface area contributed by atoms with Gasteiger partial charge in [-0.25, -0.2) is 4.39 Å². The van der Waals surface area contributed by atoms with Gasteiger partial charge in [-0.2, -0.15) is 0 Å². The highest BCUT2D eigenvalue weighted by atomic mass is 35.5. The number of hydrogen-bond acceptors (Lipinski definition) is 4. The van der Waals surface area contributed by atoms with E-state index < -0.39 is 12.1 Å². The van der Waals surface area contributed by atoms with Gasteiger partial charge in [-0.05, 0) is 24.3 Å². The predicted molar refractivity (Wildman–Crippen MR) is 105 cm³/mol. The Labute approximate surface area is 160 Å². The lowest BCUT2D eigenvalue weighted by Crippen LogP contribution is -2.27. The summed E-state index contributed by atoms with van der Waals surface area (Å²) in [6.45, 7) is 3.56. The first-order valence-corrected chi connectivity index (χ1v) is 8.69. The number of nitrogens with zero attached hydrogens (tertiary/aromatic N) is 1. The number of aromatic hydroxyl groups is 1. The van der Waals surface area contributed by atoms with Gasteiger partial charge < -0.3 is 26.5 Å². The standard InChI is InChI=1S/C19H20ClFN4O2/c1-2-16(27)25-8-12(13(21)9-25)18-17(20)11(19(23)24-18)7-14(22)10-5-3-4-6-15(10)26/h2-7,12-13,24,26H,1,8-9,22-23H2/b14-7-.